The largest absolute Gasteiger partial charge is 0.309 e. The minimum Gasteiger partial charge on any atom is -0.309 e. The van der Waals surface area contributed by atoms with Gasteiger partial charge in [-0.2, -0.15) is 5.10 Å². The quantitative estimate of drug-likeness (QED) is 0.165. The number of para-hydroxylation sites is 3. The van der Waals surface area contributed by atoms with Crippen LogP contribution in [0, 0.1) is 0 Å². The first-order valence-corrected chi connectivity index (χ1v) is 20.2. The van der Waals surface area contributed by atoms with Crippen LogP contribution in [-0.2, 0) is 0 Å². The fourth-order valence-corrected chi connectivity index (χ4v) is 9.89. The number of hydrogen-bond acceptors (Lipinski definition) is 1. The fourth-order valence-electron chi connectivity index (χ4n) is 9.89. The Morgan fingerprint density at radius 1 is 0.271 bits per heavy atom. The Kier molecular flexibility index (Phi) is 6.69. The summed E-state index contributed by atoms with van der Waals surface area (Å²) in [4.78, 5) is 0. The Balaban J connectivity index is 0.995. The van der Waals surface area contributed by atoms with E-state index in [9.17, 15) is 0 Å². The van der Waals surface area contributed by atoms with E-state index in [0.29, 0.717) is 0 Å². The predicted octanol–water partition coefficient (Wildman–Crippen LogP) is 14.3. The van der Waals surface area contributed by atoms with E-state index in [1.165, 1.54) is 81.5 Å². The van der Waals surface area contributed by atoms with Crippen LogP contribution in [0.4, 0.5) is 0 Å². The van der Waals surface area contributed by atoms with Gasteiger partial charge < -0.3 is 9.13 Å². The van der Waals surface area contributed by atoms with Crippen molar-refractivity contribution in [3.05, 3.63) is 206 Å². The van der Waals surface area contributed by atoms with Crippen LogP contribution in [0.2, 0.25) is 0 Å². The molecule has 0 atom stereocenters. The molecule has 10 aromatic carbocycles. The Morgan fingerprint density at radius 2 is 0.814 bits per heavy atom. The fraction of sp³-hybridized carbons (Fsp3) is 0. The lowest BCUT2D eigenvalue weighted by Gasteiger charge is -2.14. The lowest BCUT2D eigenvalue weighted by atomic mass is 9.92. The molecule has 0 spiro atoms. The highest BCUT2D eigenvalue weighted by Crippen LogP contribution is 2.40. The Morgan fingerprint density at radius 3 is 1.56 bits per heavy atom. The standard InChI is InChI=1S/C55H34N4/c1-2-14-37(15-3-1)58-52-24-11-9-22-46(52)48-29-30-53-50(55(48)58)34-56-59(53)39-26-28-47-45-21-8-10-23-51(45)57(54(47)33-39)38-16-12-13-35(31-38)36-25-27-44-42-19-5-4-17-40(42)41-18-6-7-20-43(41)49(44)32-36/h1-34H. The molecule has 13 aromatic rings. The molecule has 3 heterocycles. The van der Waals surface area contributed by atoms with Gasteiger partial charge in [-0.3, -0.25) is 0 Å². The van der Waals surface area contributed by atoms with Gasteiger partial charge in [-0.15, -0.1) is 0 Å². The van der Waals surface area contributed by atoms with Crippen LogP contribution < -0.4 is 0 Å². The maximum Gasteiger partial charge on any atom is 0.0762 e. The molecule has 13 rings (SSSR count). The van der Waals surface area contributed by atoms with Crippen molar-refractivity contribution in [1.29, 1.82) is 0 Å². The van der Waals surface area contributed by atoms with E-state index in [1.54, 1.807) is 0 Å². The van der Waals surface area contributed by atoms with E-state index in [-0.39, 0.29) is 0 Å². The molecule has 0 unspecified atom stereocenters. The second kappa shape index (κ2) is 12.3. The topological polar surface area (TPSA) is 27.7 Å². The van der Waals surface area contributed by atoms with Crippen LogP contribution in [0.15, 0.2) is 206 Å². The van der Waals surface area contributed by atoms with Crippen molar-refractivity contribution >= 4 is 86.8 Å². The van der Waals surface area contributed by atoms with Gasteiger partial charge in [-0.05, 0) is 110 Å². The molecular weight excluding hydrogens is 717 g/mol. The van der Waals surface area contributed by atoms with Crippen LogP contribution in [0.3, 0.4) is 0 Å². The van der Waals surface area contributed by atoms with E-state index in [4.69, 9.17) is 5.10 Å². The summed E-state index contributed by atoms with van der Waals surface area (Å²) in [6.45, 7) is 0. The Labute approximate surface area is 339 Å². The molecule has 0 aliphatic rings. The number of fused-ring (bicyclic) bond motifs is 14. The van der Waals surface area contributed by atoms with Gasteiger partial charge in [0.25, 0.3) is 0 Å². The molecule has 3 aromatic heterocycles. The molecule has 4 nitrogen and oxygen atoms in total. The van der Waals surface area contributed by atoms with Crippen LogP contribution in [-0.4, -0.2) is 18.9 Å². The summed E-state index contributed by atoms with van der Waals surface area (Å²) in [7, 11) is 0. The van der Waals surface area contributed by atoms with Crippen molar-refractivity contribution in [2.75, 3.05) is 0 Å². The molecule has 59 heavy (non-hydrogen) atoms. The highest BCUT2D eigenvalue weighted by Gasteiger charge is 2.19. The zero-order valence-electron chi connectivity index (χ0n) is 31.9. The van der Waals surface area contributed by atoms with Crippen molar-refractivity contribution in [2.24, 2.45) is 0 Å². The van der Waals surface area contributed by atoms with Gasteiger partial charge in [0, 0.05) is 38.3 Å². The molecule has 0 saturated carbocycles. The lowest BCUT2D eigenvalue weighted by Crippen LogP contribution is -1.98. The highest BCUT2D eigenvalue weighted by atomic mass is 15.3. The molecule has 0 N–H and O–H groups in total. The number of rotatable bonds is 4. The summed E-state index contributed by atoms with van der Waals surface area (Å²) in [5, 5.41) is 18.8. The number of benzene rings is 10. The first-order chi connectivity index (χ1) is 29.3. The summed E-state index contributed by atoms with van der Waals surface area (Å²) in [5.41, 5.74) is 11.4. The zero-order valence-corrected chi connectivity index (χ0v) is 31.9. The third kappa shape index (κ3) is 4.63. The van der Waals surface area contributed by atoms with E-state index in [0.717, 1.165) is 33.5 Å². The zero-order chi connectivity index (χ0) is 38.6. The second-order valence-electron chi connectivity index (χ2n) is 15.6. The van der Waals surface area contributed by atoms with Gasteiger partial charge >= 0.3 is 0 Å². The van der Waals surface area contributed by atoms with Crippen molar-refractivity contribution < 1.29 is 0 Å². The summed E-state index contributed by atoms with van der Waals surface area (Å²) in [6.07, 6.45) is 2.04. The van der Waals surface area contributed by atoms with Crippen molar-refractivity contribution in [3.8, 4) is 28.2 Å². The van der Waals surface area contributed by atoms with E-state index < -0.39 is 0 Å². The van der Waals surface area contributed by atoms with Gasteiger partial charge in [-0.1, -0.05) is 133 Å². The summed E-state index contributed by atoms with van der Waals surface area (Å²) < 4.78 is 6.90. The van der Waals surface area contributed by atoms with Crippen LogP contribution >= 0.6 is 0 Å². The average molecular weight is 751 g/mol. The van der Waals surface area contributed by atoms with E-state index in [1.807, 2.05) is 6.20 Å². The minimum absolute atomic E-state index is 1.02. The Bertz CT molecular complexity index is 3810. The minimum atomic E-state index is 1.02. The van der Waals surface area contributed by atoms with E-state index >= 15 is 0 Å². The van der Waals surface area contributed by atoms with Crippen LogP contribution in [0.5, 0.6) is 0 Å². The van der Waals surface area contributed by atoms with Gasteiger partial charge in [0.1, 0.15) is 0 Å². The summed E-state index contributed by atoms with van der Waals surface area (Å²) in [6, 6.07) is 72.9. The lowest BCUT2D eigenvalue weighted by molar-refractivity contribution is 0.911. The summed E-state index contributed by atoms with van der Waals surface area (Å²) >= 11 is 0. The van der Waals surface area contributed by atoms with Gasteiger partial charge in [0.15, 0.2) is 0 Å². The molecular formula is C55H34N4. The molecule has 0 fully saturated rings. The van der Waals surface area contributed by atoms with Gasteiger partial charge in [0.2, 0.25) is 0 Å². The molecule has 0 radical (unpaired) electrons. The second-order valence-corrected chi connectivity index (χ2v) is 15.6. The van der Waals surface area contributed by atoms with Gasteiger partial charge in [0.05, 0.1) is 39.5 Å². The normalized spacial score (nSPS) is 12.1. The van der Waals surface area contributed by atoms with Gasteiger partial charge in [-0.25, -0.2) is 4.68 Å². The number of hydrogen-bond donors (Lipinski definition) is 0. The third-order valence-corrected chi connectivity index (χ3v) is 12.5. The molecule has 274 valence electrons. The molecule has 0 saturated heterocycles. The predicted molar refractivity (Wildman–Crippen MR) is 248 cm³/mol. The summed E-state index contributed by atoms with van der Waals surface area (Å²) in [5.74, 6) is 0. The third-order valence-electron chi connectivity index (χ3n) is 12.5. The highest BCUT2D eigenvalue weighted by molar-refractivity contribution is 6.26. The molecule has 0 aliphatic heterocycles. The first kappa shape index (κ1) is 32.2. The van der Waals surface area contributed by atoms with Crippen molar-refractivity contribution in [2.45, 2.75) is 0 Å². The van der Waals surface area contributed by atoms with E-state index in [2.05, 4.69) is 214 Å². The molecule has 4 heteroatoms. The monoisotopic (exact) mass is 750 g/mol. The van der Waals surface area contributed by atoms with Crippen molar-refractivity contribution in [1.82, 2.24) is 18.9 Å². The molecule has 0 amide bonds. The molecule has 0 aliphatic carbocycles. The Hall–Kier alpha value is -7.95. The smallest absolute Gasteiger partial charge is 0.0762 e. The maximum absolute atomic E-state index is 5.10. The number of aromatic nitrogens is 4. The number of nitrogens with zero attached hydrogens (tertiary/aromatic N) is 4. The SMILES string of the molecule is c1ccc(-n2c3ccccc3c3ccc4c(cnn4-c4ccc5c6ccccc6n(-c6cccc(-c7ccc8c9ccccc9c9ccccc9c8c7)c6)c5c4)c32)cc1. The first-order valence-electron chi connectivity index (χ1n) is 20.2. The van der Waals surface area contributed by atoms with Crippen LogP contribution in [0.25, 0.3) is 115 Å². The van der Waals surface area contributed by atoms with Crippen molar-refractivity contribution in [3.63, 3.8) is 0 Å². The van der Waals surface area contributed by atoms with Crippen LogP contribution in [0.1, 0.15) is 0 Å². The molecule has 0 bridgehead atoms. The average Bonchev–Trinajstić information content (AvgIpc) is 3.99. The maximum atomic E-state index is 5.10.